The molecular weight excluding hydrogens is 244 g/mol. The van der Waals surface area contributed by atoms with Gasteiger partial charge in [-0.25, -0.2) is 0 Å². The third kappa shape index (κ3) is 4.71. The Morgan fingerprint density at radius 1 is 0.875 bits per heavy atom. The largest absolute Gasteiger partial charge is 0.613 e. The van der Waals surface area contributed by atoms with E-state index in [0.29, 0.717) is 0 Å². The van der Waals surface area contributed by atoms with Gasteiger partial charge in [-0.3, -0.25) is 0 Å². The highest BCUT2D eigenvalue weighted by molar-refractivity contribution is 7.09. The topological polar surface area (TPSA) is 27.7 Å². The molecule has 98 valence electrons. The molecule has 0 atom stereocenters. The van der Waals surface area contributed by atoms with Crippen LogP contribution in [0.3, 0.4) is 0 Å². The molecule has 0 saturated heterocycles. The summed E-state index contributed by atoms with van der Waals surface area (Å²) in [5.41, 5.74) is -0.0507. The van der Waals surface area contributed by atoms with Gasteiger partial charge in [0, 0.05) is 14.2 Å². The van der Waals surface area contributed by atoms with Crippen molar-refractivity contribution in [3.05, 3.63) is 0 Å². The first-order valence-electron chi connectivity index (χ1n) is 5.43. The summed E-state index contributed by atoms with van der Waals surface area (Å²) in [6, 6.07) is 0. The van der Waals surface area contributed by atoms with Crippen LogP contribution in [-0.4, -0.2) is 28.4 Å². The van der Waals surface area contributed by atoms with E-state index in [4.69, 9.17) is 24.4 Å². The second kappa shape index (κ2) is 5.36. The van der Waals surface area contributed by atoms with E-state index in [1.807, 2.05) is 0 Å². The molecule has 16 heavy (non-hydrogen) atoms. The zero-order valence-corrected chi connectivity index (χ0v) is 13.4. The molecule has 0 radical (unpaired) electrons. The van der Waals surface area contributed by atoms with Crippen LogP contribution in [0.1, 0.15) is 41.5 Å². The third-order valence-electron chi connectivity index (χ3n) is 2.32. The van der Waals surface area contributed by atoms with Crippen LogP contribution in [-0.2, 0) is 13.3 Å². The van der Waals surface area contributed by atoms with Crippen LogP contribution < -0.4 is 0 Å². The SMILES string of the molecule is CO[Si](Cl)(OC)OC(C(C)(C)C)C(C)(C)C. The maximum absolute atomic E-state index is 6.19. The van der Waals surface area contributed by atoms with Crippen molar-refractivity contribution in [3.8, 4) is 0 Å². The van der Waals surface area contributed by atoms with Gasteiger partial charge in [-0.1, -0.05) is 52.6 Å². The molecule has 0 aromatic heterocycles. The first kappa shape index (κ1) is 16.4. The lowest BCUT2D eigenvalue weighted by atomic mass is 9.74. The highest BCUT2D eigenvalue weighted by atomic mass is 35.6. The van der Waals surface area contributed by atoms with Gasteiger partial charge in [0.25, 0.3) is 0 Å². The average molecular weight is 269 g/mol. The van der Waals surface area contributed by atoms with Gasteiger partial charge in [0.05, 0.1) is 6.10 Å². The average Bonchev–Trinajstić information content (AvgIpc) is 2.10. The summed E-state index contributed by atoms with van der Waals surface area (Å²) in [4.78, 5) is 0. The molecule has 0 aliphatic carbocycles. The van der Waals surface area contributed by atoms with E-state index in [1.54, 1.807) is 0 Å². The minimum absolute atomic E-state index is 0.0253. The molecule has 0 bridgehead atoms. The van der Waals surface area contributed by atoms with Gasteiger partial charge in [-0.05, 0) is 10.8 Å². The number of hydrogen-bond acceptors (Lipinski definition) is 3. The van der Waals surface area contributed by atoms with Crippen LogP contribution in [0.15, 0.2) is 0 Å². The molecule has 0 aliphatic rings. The van der Waals surface area contributed by atoms with E-state index in [-0.39, 0.29) is 16.9 Å². The summed E-state index contributed by atoms with van der Waals surface area (Å²) in [6.45, 7) is 12.7. The van der Waals surface area contributed by atoms with Crippen molar-refractivity contribution in [1.29, 1.82) is 0 Å². The Balaban J connectivity index is 4.97. The second-order valence-corrected chi connectivity index (χ2v) is 9.52. The summed E-state index contributed by atoms with van der Waals surface area (Å²) in [7, 11) is 0.0301. The highest BCUT2D eigenvalue weighted by Crippen LogP contribution is 2.38. The summed E-state index contributed by atoms with van der Waals surface area (Å²) < 4.78 is 16.3. The predicted octanol–water partition coefficient (Wildman–Crippen LogP) is 3.43. The second-order valence-electron chi connectivity index (χ2n) is 6.12. The molecule has 0 aromatic carbocycles. The van der Waals surface area contributed by atoms with E-state index in [1.165, 1.54) is 14.2 Å². The predicted molar refractivity (Wildman–Crippen MR) is 69.4 cm³/mol. The molecule has 0 rings (SSSR count). The standard InChI is InChI=1S/C11H25ClO3Si/c1-10(2,3)9(11(4,5)6)15-16(12,13-7)14-8/h9H,1-8H3. The molecule has 5 heteroatoms. The summed E-state index contributed by atoms with van der Waals surface area (Å²) >= 11 is 6.19. The fourth-order valence-corrected chi connectivity index (χ4v) is 3.59. The molecular formula is C11H25ClO3Si. The Bertz CT molecular complexity index is 202. The van der Waals surface area contributed by atoms with Crippen molar-refractivity contribution in [1.82, 2.24) is 0 Å². The maximum Gasteiger partial charge on any atom is 0.613 e. The Kier molecular flexibility index (Phi) is 5.48. The van der Waals surface area contributed by atoms with Gasteiger partial charge in [0.1, 0.15) is 0 Å². The molecule has 0 aliphatic heterocycles. The fourth-order valence-electron chi connectivity index (χ4n) is 1.97. The minimum atomic E-state index is -3.01. The van der Waals surface area contributed by atoms with Crippen molar-refractivity contribution in [3.63, 3.8) is 0 Å². The van der Waals surface area contributed by atoms with Crippen LogP contribution in [0.5, 0.6) is 0 Å². The van der Waals surface area contributed by atoms with Gasteiger partial charge < -0.3 is 13.3 Å². The quantitative estimate of drug-likeness (QED) is 0.578. The van der Waals surface area contributed by atoms with Crippen molar-refractivity contribution in [2.24, 2.45) is 10.8 Å². The van der Waals surface area contributed by atoms with E-state index >= 15 is 0 Å². The fraction of sp³-hybridized carbons (Fsp3) is 1.00. The number of rotatable bonds is 4. The van der Waals surface area contributed by atoms with Crippen molar-refractivity contribution in [2.45, 2.75) is 47.6 Å². The van der Waals surface area contributed by atoms with Crippen molar-refractivity contribution >= 4 is 19.2 Å². The molecule has 0 spiro atoms. The number of halogens is 1. The van der Waals surface area contributed by atoms with Gasteiger partial charge >= 0.3 is 8.11 Å². The highest BCUT2D eigenvalue weighted by Gasteiger charge is 2.47. The zero-order valence-electron chi connectivity index (χ0n) is 11.7. The summed E-state index contributed by atoms with van der Waals surface area (Å²) in [5, 5.41) is 0. The molecule has 0 amide bonds. The van der Waals surface area contributed by atoms with Crippen LogP contribution in [0.25, 0.3) is 0 Å². The minimum Gasteiger partial charge on any atom is -0.365 e. The first-order valence-corrected chi connectivity index (χ1v) is 8.17. The van der Waals surface area contributed by atoms with E-state index in [2.05, 4.69) is 41.5 Å². The smallest absolute Gasteiger partial charge is 0.365 e. The third-order valence-corrected chi connectivity index (χ3v) is 5.00. The van der Waals surface area contributed by atoms with E-state index in [0.717, 1.165) is 0 Å². The molecule has 0 unspecified atom stereocenters. The lowest BCUT2D eigenvalue weighted by Crippen LogP contribution is -2.50. The van der Waals surface area contributed by atoms with Crippen LogP contribution in [0.2, 0.25) is 0 Å². The van der Waals surface area contributed by atoms with Crippen LogP contribution in [0.4, 0.5) is 0 Å². The summed E-state index contributed by atoms with van der Waals surface area (Å²) in [6.07, 6.45) is -0.0379. The van der Waals surface area contributed by atoms with Crippen LogP contribution in [0, 0.1) is 10.8 Å². The van der Waals surface area contributed by atoms with Crippen LogP contribution >= 0.6 is 11.1 Å². The van der Waals surface area contributed by atoms with Gasteiger partial charge in [0.2, 0.25) is 0 Å². The lowest BCUT2D eigenvalue weighted by molar-refractivity contribution is -0.0458. The van der Waals surface area contributed by atoms with Gasteiger partial charge in [0.15, 0.2) is 0 Å². The molecule has 3 nitrogen and oxygen atoms in total. The maximum atomic E-state index is 6.19. The molecule has 0 saturated carbocycles. The van der Waals surface area contributed by atoms with Gasteiger partial charge in [-0.15, -0.1) is 0 Å². The Morgan fingerprint density at radius 2 is 1.19 bits per heavy atom. The molecule has 0 heterocycles. The Morgan fingerprint density at radius 3 is 1.38 bits per heavy atom. The lowest BCUT2D eigenvalue weighted by Gasteiger charge is -2.42. The van der Waals surface area contributed by atoms with Crippen molar-refractivity contribution in [2.75, 3.05) is 14.2 Å². The first-order chi connectivity index (χ1) is 6.96. The molecule has 0 fully saturated rings. The normalized spacial score (nSPS) is 14.6. The molecule has 0 aromatic rings. The Hall–Kier alpha value is 0.387. The molecule has 0 N–H and O–H groups in total. The summed E-state index contributed by atoms with van der Waals surface area (Å²) in [5.74, 6) is 0. The van der Waals surface area contributed by atoms with Gasteiger partial charge in [-0.2, -0.15) is 0 Å². The Labute approximate surface area is 105 Å². The number of hydrogen-bond donors (Lipinski definition) is 0. The van der Waals surface area contributed by atoms with E-state index < -0.39 is 8.11 Å². The van der Waals surface area contributed by atoms with E-state index in [9.17, 15) is 0 Å². The monoisotopic (exact) mass is 268 g/mol. The van der Waals surface area contributed by atoms with Crippen molar-refractivity contribution < 1.29 is 13.3 Å². The zero-order chi connectivity index (χ0) is 13.2.